The van der Waals surface area contributed by atoms with Crippen LogP contribution in [-0.2, 0) is 0 Å². The molecule has 0 aliphatic carbocycles. The van der Waals surface area contributed by atoms with Gasteiger partial charge in [-0.2, -0.15) is 0 Å². The van der Waals surface area contributed by atoms with E-state index in [1.54, 1.807) is 0 Å². The van der Waals surface area contributed by atoms with Crippen molar-refractivity contribution in [2.75, 3.05) is 13.1 Å². The normalized spacial score (nSPS) is 12.7. The van der Waals surface area contributed by atoms with Crippen molar-refractivity contribution < 1.29 is 14.4 Å². The van der Waals surface area contributed by atoms with E-state index < -0.39 is 18.1 Å². The Morgan fingerprint density at radius 3 is 1.70 bits per heavy atom. The molecule has 0 heterocycles. The van der Waals surface area contributed by atoms with Crippen LogP contribution >= 0.6 is 0 Å². The number of nitrogens with two attached hydrogens (primary N) is 1. The second-order valence-corrected chi connectivity index (χ2v) is 7.32. The largest absolute Gasteiger partial charge is 0.338 e. The smallest absolute Gasteiger partial charge is 0.330 e. The zero-order valence-electron chi connectivity index (χ0n) is 17.3. The number of amides is 6. The van der Waals surface area contributed by atoms with Gasteiger partial charge in [-0.15, -0.1) is 0 Å². The first-order chi connectivity index (χ1) is 12.8. The predicted octanol–water partition coefficient (Wildman–Crippen LogP) is 3.36. The third kappa shape index (κ3) is 16.1. The lowest BCUT2D eigenvalue weighted by atomic mass is 9.93. The Balaban J connectivity index is 3.63. The summed E-state index contributed by atoms with van der Waals surface area (Å²) in [4.78, 5) is 34.6. The fraction of sp³-hybridized carbons (Fsp3) is 0.842. The van der Waals surface area contributed by atoms with E-state index in [1.165, 1.54) is 0 Å². The average Bonchev–Trinajstić information content (AvgIpc) is 2.60. The van der Waals surface area contributed by atoms with Crippen LogP contribution in [-0.4, -0.2) is 36.7 Å². The van der Waals surface area contributed by atoms with E-state index in [0.717, 1.165) is 64.2 Å². The number of unbranched alkanes of at least 4 members (excludes halogenated alkanes) is 6. The topological polar surface area (TPSA) is 125 Å². The number of hydrogen-bond donors (Lipinski definition) is 5. The molecule has 27 heavy (non-hydrogen) atoms. The molecule has 6 amide bonds. The Morgan fingerprint density at radius 1 is 0.741 bits per heavy atom. The molecule has 0 aromatic heterocycles. The first-order valence-corrected chi connectivity index (χ1v) is 10.2. The lowest BCUT2D eigenvalue weighted by Gasteiger charge is -2.22. The Labute approximate surface area is 163 Å². The van der Waals surface area contributed by atoms with Gasteiger partial charge < -0.3 is 16.4 Å². The van der Waals surface area contributed by atoms with Gasteiger partial charge in [-0.25, -0.2) is 14.4 Å². The maximum atomic E-state index is 11.6. The number of nitrogens with one attached hydrogen (secondary N) is 4. The summed E-state index contributed by atoms with van der Waals surface area (Å²) in [6.07, 6.45) is 10.1. The average molecular weight is 386 g/mol. The summed E-state index contributed by atoms with van der Waals surface area (Å²) >= 11 is 0. The molecule has 0 saturated carbocycles. The zero-order chi connectivity index (χ0) is 20.5. The van der Waals surface area contributed by atoms with Crippen molar-refractivity contribution in [3.05, 3.63) is 0 Å². The maximum Gasteiger partial charge on any atom is 0.330 e. The van der Waals surface area contributed by atoms with Crippen LogP contribution in [0.1, 0.15) is 85.0 Å². The van der Waals surface area contributed by atoms with Gasteiger partial charge in [0, 0.05) is 18.6 Å². The van der Waals surface area contributed by atoms with Crippen molar-refractivity contribution in [3.63, 3.8) is 0 Å². The van der Waals surface area contributed by atoms with Crippen LogP contribution in [0, 0.1) is 0 Å². The fourth-order valence-electron chi connectivity index (χ4n) is 2.47. The minimum Gasteiger partial charge on any atom is -0.338 e. The third-order valence-electron chi connectivity index (χ3n) is 4.54. The van der Waals surface area contributed by atoms with E-state index in [0.29, 0.717) is 13.1 Å². The van der Waals surface area contributed by atoms with Crippen molar-refractivity contribution in [2.45, 2.75) is 90.5 Å². The highest BCUT2D eigenvalue weighted by atomic mass is 16.2. The highest BCUT2D eigenvalue weighted by molar-refractivity contribution is 6.01. The second-order valence-electron chi connectivity index (χ2n) is 7.32. The van der Waals surface area contributed by atoms with Crippen LogP contribution in [0.3, 0.4) is 0 Å². The Kier molecular flexibility index (Phi) is 14.2. The monoisotopic (exact) mass is 385 g/mol. The van der Waals surface area contributed by atoms with Crippen LogP contribution in [0.5, 0.6) is 0 Å². The Bertz CT molecular complexity index is 441. The van der Waals surface area contributed by atoms with Gasteiger partial charge in [-0.3, -0.25) is 10.6 Å². The van der Waals surface area contributed by atoms with Crippen molar-refractivity contribution in [1.82, 2.24) is 21.3 Å². The minimum atomic E-state index is -0.833. The molecule has 8 nitrogen and oxygen atoms in total. The molecule has 0 radical (unpaired) electrons. The summed E-state index contributed by atoms with van der Waals surface area (Å²) in [7, 11) is 0. The molecule has 158 valence electrons. The molecule has 0 rings (SSSR count). The third-order valence-corrected chi connectivity index (χ3v) is 4.54. The van der Waals surface area contributed by atoms with Crippen LogP contribution < -0.4 is 27.0 Å². The lowest BCUT2D eigenvalue weighted by Crippen LogP contribution is -2.49. The number of carbonyl (C=O) groups excluding carboxylic acids is 3. The first kappa shape index (κ1) is 25.2. The van der Waals surface area contributed by atoms with Crippen molar-refractivity contribution >= 4 is 18.1 Å². The van der Waals surface area contributed by atoms with Gasteiger partial charge in [0.1, 0.15) is 0 Å². The predicted molar refractivity (Wildman–Crippen MR) is 109 cm³/mol. The molecule has 6 N–H and O–H groups in total. The van der Waals surface area contributed by atoms with Gasteiger partial charge in [0.15, 0.2) is 0 Å². The SMILES string of the molecule is CCCCCCNC(=O)NC(=O)NC(=O)NCCCCCCC(C)(N)CC. The van der Waals surface area contributed by atoms with Crippen LogP contribution in [0.2, 0.25) is 0 Å². The number of rotatable bonds is 13. The van der Waals surface area contributed by atoms with Crippen molar-refractivity contribution in [3.8, 4) is 0 Å². The van der Waals surface area contributed by atoms with Gasteiger partial charge in [-0.1, -0.05) is 52.4 Å². The summed E-state index contributed by atoms with van der Waals surface area (Å²) in [6, 6.07) is -2.04. The molecule has 1 atom stereocenters. The summed E-state index contributed by atoms with van der Waals surface area (Å²) in [5.41, 5.74) is 6.00. The van der Waals surface area contributed by atoms with Gasteiger partial charge in [0.2, 0.25) is 0 Å². The number of imide groups is 2. The molecular formula is C19H39N5O3. The van der Waals surface area contributed by atoms with E-state index in [-0.39, 0.29) is 5.54 Å². The number of hydrogen-bond acceptors (Lipinski definition) is 4. The molecule has 1 unspecified atom stereocenters. The highest BCUT2D eigenvalue weighted by Gasteiger charge is 2.14. The molecule has 8 heteroatoms. The lowest BCUT2D eigenvalue weighted by molar-refractivity contribution is 0.221. The van der Waals surface area contributed by atoms with Crippen molar-refractivity contribution in [2.24, 2.45) is 5.73 Å². The molecule has 0 aromatic rings. The molecular weight excluding hydrogens is 346 g/mol. The van der Waals surface area contributed by atoms with Gasteiger partial charge in [0.05, 0.1) is 0 Å². The summed E-state index contributed by atoms with van der Waals surface area (Å²) in [6.45, 7) is 7.26. The highest BCUT2D eigenvalue weighted by Crippen LogP contribution is 2.15. The zero-order valence-corrected chi connectivity index (χ0v) is 17.3. The van der Waals surface area contributed by atoms with Crippen LogP contribution in [0.25, 0.3) is 0 Å². The molecule has 0 aromatic carbocycles. The quantitative estimate of drug-likeness (QED) is 0.312. The maximum absolute atomic E-state index is 11.6. The Hall–Kier alpha value is -1.83. The fourth-order valence-corrected chi connectivity index (χ4v) is 2.47. The first-order valence-electron chi connectivity index (χ1n) is 10.2. The van der Waals surface area contributed by atoms with Crippen LogP contribution in [0.4, 0.5) is 14.4 Å². The standard InChI is InChI=1S/C19H39N5O3/c1-4-6-7-11-14-21-16(25)23-18(27)24-17(26)22-15-12-9-8-10-13-19(3,20)5-2/h4-15,20H2,1-3H3,(H4,21,22,23,24,25,26,27). The summed E-state index contributed by atoms with van der Waals surface area (Å²) in [5, 5.41) is 9.33. The number of urea groups is 3. The van der Waals surface area contributed by atoms with Gasteiger partial charge >= 0.3 is 18.1 Å². The Morgan fingerprint density at radius 2 is 1.22 bits per heavy atom. The van der Waals surface area contributed by atoms with E-state index in [4.69, 9.17) is 5.73 Å². The molecule has 0 saturated heterocycles. The van der Waals surface area contributed by atoms with Gasteiger partial charge in [0.25, 0.3) is 0 Å². The van der Waals surface area contributed by atoms with Crippen LogP contribution in [0.15, 0.2) is 0 Å². The van der Waals surface area contributed by atoms with Gasteiger partial charge in [-0.05, 0) is 32.6 Å². The summed E-state index contributed by atoms with van der Waals surface area (Å²) < 4.78 is 0. The van der Waals surface area contributed by atoms with E-state index in [9.17, 15) is 14.4 Å². The molecule has 0 aliphatic rings. The minimum absolute atomic E-state index is 0.0900. The molecule has 0 spiro atoms. The molecule has 0 fully saturated rings. The number of carbonyl (C=O) groups is 3. The van der Waals surface area contributed by atoms with E-state index in [1.807, 2.05) is 0 Å². The van der Waals surface area contributed by atoms with E-state index >= 15 is 0 Å². The molecule has 0 bridgehead atoms. The van der Waals surface area contributed by atoms with E-state index in [2.05, 4.69) is 42.0 Å². The molecule has 0 aliphatic heterocycles. The second kappa shape index (κ2) is 15.2. The summed E-state index contributed by atoms with van der Waals surface area (Å²) in [5.74, 6) is 0. The van der Waals surface area contributed by atoms with Crippen molar-refractivity contribution in [1.29, 1.82) is 0 Å².